The summed E-state index contributed by atoms with van der Waals surface area (Å²) in [6.07, 6.45) is 21.3. The molecular weight excluding hydrogens is 1710 g/mol. The second-order valence-corrected chi connectivity index (χ2v) is 54.2. The minimum absolute atomic E-state index is 0.00152. The highest BCUT2D eigenvalue weighted by Gasteiger charge is 2.90. The van der Waals surface area contributed by atoms with Crippen LogP contribution in [0.3, 0.4) is 0 Å². The van der Waals surface area contributed by atoms with Crippen molar-refractivity contribution in [1.29, 1.82) is 0 Å². The Morgan fingerprint density at radius 1 is 0.370 bits per heavy atom. The zero-order valence-corrected chi connectivity index (χ0v) is 87.8. The Labute approximate surface area is 810 Å². The van der Waals surface area contributed by atoms with E-state index in [1.165, 1.54) is 57.8 Å². The summed E-state index contributed by atoms with van der Waals surface area (Å²) in [6, 6.07) is 0. The van der Waals surface area contributed by atoms with Crippen LogP contribution in [0.5, 0.6) is 0 Å². The summed E-state index contributed by atoms with van der Waals surface area (Å²) in [7, 11) is 0. The summed E-state index contributed by atoms with van der Waals surface area (Å²) in [5, 5.41) is 68.7. The van der Waals surface area contributed by atoms with E-state index in [0.717, 1.165) is 89.9 Å². The molecule has 6 aliphatic heterocycles. The van der Waals surface area contributed by atoms with Gasteiger partial charge in [-0.1, -0.05) is 104 Å². The molecule has 3 amide bonds. The molecule has 21 fully saturated rings. The number of fused-ring (bicyclic) bond motifs is 12. The van der Waals surface area contributed by atoms with Crippen molar-refractivity contribution in [3.63, 3.8) is 0 Å². The first kappa shape index (κ1) is 101. The van der Waals surface area contributed by atoms with Gasteiger partial charge in [-0.15, -0.1) is 0 Å². The molecule has 15 aliphatic carbocycles. The predicted molar refractivity (Wildman–Crippen MR) is 511 cm³/mol. The van der Waals surface area contributed by atoms with E-state index >= 15 is 0 Å². The fourth-order valence-corrected chi connectivity index (χ4v) is 40.8. The van der Waals surface area contributed by atoms with Crippen LogP contribution in [0.25, 0.3) is 0 Å². The quantitative estimate of drug-likeness (QED) is 0.0830. The van der Waals surface area contributed by atoms with Gasteiger partial charge in [0.1, 0.15) is 36.6 Å². The van der Waals surface area contributed by atoms with Crippen molar-refractivity contribution < 1.29 is 102 Å². The summed E-state index contributed by atoms with van der Waals surface area (Å²) in [5.41, 5.74) is -2.33. The average molecular weight is 1900 g/mol. The van der Waals surface area contributed by atoms with Gasteiger partial charge in [-0.3, -0.25) is 0 Å². The van der Waals surface area contributed by atoms with Gasteiger partial charge in [0.15, 0.2) is 0 Å². The van der Waals surface area contributed by atoms with E-state index in [4.69, 9.17) is 56.8 Å². The van der Waals surface area contributed by atoms with Crippen molar-refractivity contribution >= 4 is 18.3 Å². The van der Waals surface area contributed by atoms with Crippen molar-refractivity contribution in [2.45, 2.75) is 429 Å². The van der Waals surface area contributed by atoms with Crippen LogP contribution in [-0.4, -0.2) is 271 Å². The Hall–Kier alpha value is -2.79. The Balaban J connectivity index is 0.000000130. The SMILES string of the molecule is CCO[C@@H]([C@H]1C[C@@H](C)[C@H]2[C@H](O1)[C@H](O)[C@@]1(C)[C@@H]3CC[C@H]4C(C)(C)[C@@H](OC(=O)N5CCOCC5)CC[C@@]45C[C@@]35CC[C@]21C)C(C)(C)O.CCO[C@@H]([C@H]1C[C@@H](C)[C@H]2[C@H](O1)[C@H](OCC)[C@@]1(C)[C@@H]3CC[C@H]4C(C)(C)[C@@H](OC(=O)N5CCOCC5)CC[C@@]45C[C@@]35CC[C@]21C)C(C)(C)O.C[C@@H]1C[C@H]([C@H](O)C(C)(C)O)O[C@H]2[C@H]1[C@@]1(C)CC[C@@]34C[C@@]35CC[C@H](OC(=O)N3CCOCC3)C(C)(C)[C@@H]5CC[C@H]4[C@]1(C)[C@H]2O. The maximum atomic E-state index is 13.2. The van der Waals surface area contributed by atoms with Gasteiger partial charge >= 0.3 is 18.3 Å². The standard InChI is InChI=1S/C39H65NO7.C37H61NO7.C35H57NO7/c1-10-44-31(35(6,7)42)25-22-24(3)29-30(46-25)32(45-11-2)37(9)27-13-12-26-34(4,5)28(47-33(41)40-18-20-43-21-19-40)14-15-38(26)23-39(27,38)17-16-36(29,37)8;1-9-43-30(33(5,6)41)23-20-22(2)27-28(44-23)29(39)35(8)25-11-10-24-32(3,4)26(45-31(40)38-16-18-42-19-17-38)12-13-36(24)21-37(25,36)15-14-34(27,35)7;1-20-18-21(27(37)31(4,5)40)42-26-25(20)32(6)12-13-35-19-34(35)11-10-24(43-29(39)36-14-16-41-17-15-36)30(2,3)22(34)8-9-23(35)33(32,7)28(26)38/h24-32,42H,10-23H2,1-9H3;22-30,39,41H,9-21H2,1-8H3;20-28,37-38,40H,8-19H2,1-7H3/t24-,25-,26+,27+,28+,29+,30+,31+,32+,36-,37-,38-,39+;22-,23-,24+,25+,26+,27+,28+,29+,30+,34-,35-,36-,37+;20-,21-,22+,23+,24+,25+,26+,27+,28+,32-,33-,34-,35+/m111/s1. The zero-order valence-electron chi connectivity index (χ0n) is 87.8. The molecule has 21 rings (SSSR count). The molecule has 0 aromatic heterocycles. The highest BCUT2D eigenvalue weighted by molar-refractivity contribution is 5.69. The number of morpholine rings is 3. The van der Waals surface area contributed by atoms with E-state index in [0.29, 0.717) is 169 Å². The molecule has 24 nitrogen and oxygen atoms in total. The Kier molecular flexibility index (Phi) is 25.5. The third kappa shape index (κ3) is 14.4. The topological polar surface area (TPSA) is 293 Å². The molecule has 0 bridgehead atoms. The van der Waals surface area contributed by atoms with E-state index in [2.05, 4.69) is 111 Å². The van der Waals surface area contributed by atoms with Crippen molar-refractivity contribution in [2.24, 2.45) is 152 Å². The molecule has 135 heavy (non-hydrogen) atoms. The van der Waals surface area contributed by atoms with E-state index in [1.807, 2.05) is 51.3 Å². The van der Waals surface area contributed by atoms with Crippen molar-refractivity contribution in [2.75, 3.05) is 98.7 Å². The molecule has 6 spiro atoms. The number of hydrogen-bond acceptors (Lipinski definition) is 21. The minimum Gasteiger partial charge on any atom is -0.446 e. The van der Waals surface area contributed by atoms with Crippen LogP contribution in [0.15, 0.2) is 0 Å². The summed E-state index contributed by atoms with van der Waals surface area (Å²) in [4.78, 5) is 45.0. The van der Waals surface area contributed by atoms with Gasteiger partial charge in [0.2, 0.25) is 0 Å². The van der Waals surface area contributed by atoms with Crippen LogP contribution in [0.1, 0.15) is 320 Å². The summed E-state index contributed by atoms with van der Waals surface area (Å²) < 4.78 is 75.4. The molecule has 0 radical (unpaired) electrons. The van der Waals surface area contributed by atoms with Crippen LogP contribution in [0, 0.1) is 152 Å². The summed E-state index contributed by atoms with van der Waals surface area (Å²) in [6.45, 7) is 61.9. The number of carbonyl (C=O) groups excluding carboxylic acids is 3. The molecular formula is C111H183N3O21. The first-order valence-electron chi connectivity index (χ1n) is 54.9. The van der Waals surface area contributed by atoms with Crippen LogP contribution in [0.4, 0.5) is 14.4 Å². The Morgan fingerprint density at radius 3 is 0.963 bits per heavy atom. The van der Waals surface area contributed by atoms with Gasteiger partial charge in [0.05, 0.1) is 111 Å². The van der Waals surface area contributed by atoms with Gasteiger partial charge < -0.3 is 102 Å². The Morgan fingerprint density at radius 2 is 0.652 bits per heavy atom. The molecule has 0 aromatic carbocycles. The number of rotatable bonds is 15. The molecule has 6 heterocycles. The lowest BCUT2D eigenvalue weighted by Crippen LogP contribution is -2.60. The van der Waals surface area contributed by atoms with Gasteiger partial charge in [-0.2, -0.15) is 0 Å². The largest absolute Gasteiger partial charge is 0.446 e. The smallest absolute Gasteiger partial charge is 0.410 e. The first-order valence-corrected chi connectivity index (χ1v) is 54.9. The fourth-order valence-electron chi connectivity index (χ4n) is 40.8. The number of aliphatic hydroxyl groups is 6. The van der Waals surface area contributed by atoms with Crippen LogP contribution >= 0.6 is 0 Å². The third-order valence-corrected chi connectivity index (χ3v) is 47.0. The lowest BCUT2D eigenvalue weighted by molar-refractivity contribution is -0.220. The number of nitrogens with zero attached hydrogens (tertiary/aromatic N) is 3. The normalized spacial score (nSPS) is 50.8. The molecule has 21 aliphatic rings. The predicted octanol–water partition coefficient (Wildman–Crippen LogP) is 17.4. The molecule has 0 aromatic rings. The van der Waals surface area contributed by atoms with Crippen LogP contribution in [-0.2, 0) is 56.8 Å². The van der Waals surface area contributed by atoms with Gasteiger partial charge in [-0.05, 0) is 336 Å². The van der Waals surface area contributed by atoms with Crippen LogP contribution in [0.2, 0.25) is 0 Å². The van der Waals surface area contributed by atoms with Crippen molar-refractivity contribution in [1.82, 2.24) is 14.7 Å². The third-order valence-electron chi connectivity index (χ3n) is 47.0. The molecule has 39 atom stereocenters. The van der Waals surface area contributed by atoms with Gasteiger partial charge in [0, 0.05) is 91.6 Å². The van der Waals surface area contributed by atoms with E-state index in [1.54, 1.807) is 18.7 Å². The van der Waals surface area contributed by atoms with Gasteiger partial charge in [-0.25, -0.2) is 14.4 Å². The maximum absolute atomic E-state index is 13.2. The summed E-state index contributed by atoms with van der Waals surface area (Å²) >= 11 is 0. The number of aliphatic hydroxyl groups excluding tert-OH is 3. The van der Waals surface area contributed by atoms with E-state index in [9.17, 15) is 45.0 Å². The number of amides is 3. The zero-order chi connectivity index (χ0) is 97.1. The molecule has 6 N–H and O–H groups in total. The second-order valence-electron chi connectivity index (χ2n) is 54.2. The van der Waals surface area contributed by atoms with Crippen molar-refractivity contribution in [3.8, 4) is 0 Å². The lowest BCUT2D eigenvalue weighted by Gasteiger charge is -2.64. The molecule has 6 saturated heterocycles. The van der Waals surface area contributed by atoms with E-state index < -0.39 is 47.3 Å². The Bertz CT molecular complexity index is 4340. The number of carbonyl (C=O) groups is 3. The minimum atomic E-state index is -1.26. The number of hydrogen-bond donors (Lipinski definition) is 6. The molecule has 768 valence electrons. The second kappa shape index (κ2) is 34.2. The monoisotopic (exact) mass is 1890 g/mol. The van der Waals surface area contributed by atoms with Crippen LogP contribution < -0.4 is 0 Å². The average Bonchev–Trinajstić information content (AvgIpc) is 1.47. The molecule has 0 unspecified atom stereocenters. The van der Waals surface area contributed by atoms with Gasteiger partial charge in [0.25, 0.3) is 0 Å². The van der Waals surface area contributed by atoms with Crippen molar-refractivity contribution in [3.05, 3.63) is 0 Å². The summed E-state index contributed by atoms with van der Waals surface area (Å²) in [5.74, 6) is 5.09. The lowest BCUT2D eigenvalue weighted by atomic mass is 9.41. The highest BCUT2D eigenvalue weighted by Crippen LogP contribution is 2.94. The fraction of sp³-hybridized carbons (Fsp3) is 0.973. The van der Waals surface area contributed by atoms with E-state index in [-0.39, 0.29) is 167 Å². The highest BCUT2D eigenvalue weighted by atomic mass is 16.6. The molecule has 15 saturated carbocycles. The number of ether oxygens (including phenoxy) is 12. The molecule has 24 heteroatoms. The first-order chi connectivity index (χ1) is 63.2. The maximum Gasteiger partial charge on any atom is 0.410 e.